The molecule has 1 saturated carbocycles. The van der Waals surface area contributed by atoms with Gasteiger partial charge in [-0.25, -0.2) is 4.98 Å². The maximum atomic E-state index is 9.13. The molecule has 0 atom stereocenters. The molecule has 0 saturated heterocycles. The number of methoxy groups -OCH3 is 1. The Labute approximate surface area is 117 Å². The third-order valence-corrected chi connectivity index (χ3v) is 3.47. The van der Waals surface area contributed by atoms with E-state index in [9.17, 15) is 0 Å². The first-order chi connectivity index (χ1) is 9.81. The molecule has 2 aromatic rings. The van der Waals surface area contributed by atoms with Gasteiger partial charge in [0.2, 0.25) is 0 Å². The zero-order valence-electron chi connectivity index (χ0n) is 11.5. The quantitative estimate of drug-likeness (QED) is 0.878. The molecule has 5 nitrogen and oxygen atoms in total. The van der Waals surface area contributed by atoms with Crippen LogP contribution in [0.2, 0.25) is 0 Å². The number of aliphatic hydroxyl groups is 1. The summed E-state index contributed by atoms with van der Waals surface area (Å²) in [5.74, 6) is 1.31. The Bertz CT molecular complexity index is 591. The molecule has 1 fully saturated rings. The minimum atomic E-state index is -0.00884. The number of benzene rings is 1. The molecular weight excluding hydrogens is 256 g/mol. The molecule has 3 rings (SSSR count). The lowest BCUT2D eigenvalue weighted by Crippen LogP contribution is -2.04. The van der Waals surface area contributed by atoms with Crippen molar-refractivity contribution in [1.29, 1.82) is 0 Å². The fourth-order valence-corrected chi connectivity index (χ4v) is 2.21. The van der Waals surface area contributed by atoms with E-state index < -0.39 is 0 Å². The van der Waals surface area contributed by atoms with Crippen LogP contribution in [-0.2, 0) is 13.2 Å². The van der Waals surface area contributed by atoms with Gasteiger partial charge in [0, 0.05) is 6.04 Å². The first-order valence-corrected chi connectivity index (χ1v) is 6.73. The third-order valence-electron chi connectivity index (χ3n) is 3.47. The molecule has 1 aromatic carbocycles. The van der Waals surface area contributed by atoms with Gasteiger partial charge in [0.1, 0.15) is 6.61 Å². The van der Waals surface area contributed by atoms with Crippen molar-refractivity contribution in [2.75, 3.05) is 7.11 Å². The molecular formula is C15H18N2O3. The Kier molecular flexibility index (Phi) is 3.60. The maximum Gasteiger partial charge on any atom is 0.161 e. The average molecular weight is 274 g/mol. The van der Waals surface area contributed by atoms with Gasteiger partial charge in [-0.05, 0) is 30.5 Å². The second-order valence-electron chi connectivity index (χ2n) is 4.96. The molecule has 0 spiro atoms. The summed E-state index contributed by atoms with van der Waals surface area (Å²) >= 11 is 0. The lowest BCUT2D eigenvalue weighted by Gasteiger charge is -2.12. The largest absolute Gasteiger partial charge is 0.493 e. The Hall–Kier alpha value is -2.01. The molecule has 1 aliphatic carbocycles. The first kappa shape index (κ1) is 13.0. The van der Waals surface area contributed by atoms with Crippen molar-refractivity contribution < 1.29 is 14.6 Å². The second kappa shape index (κ2) is 5.54. The predicted molar refractivity (Wildman–Crippen MR) is 73.7 cm³/mol. The van der Waals surface area contributed by atoms with Crippen LogP contribution in [0, 0.1) is 0 Å². The van der Waals surface area contributed by atoms with E-state index in [1.807, 2.05) is 24.7 Å². The number of rotatable bonds is 6. The van der Waals surface area contributed by atoms with Gasteiger partial charge >= 0.3 is 0 Å². The Morgan fingerprint density at radius 3 is 2.90 bits per heavy atom. The molecule has 0 amide bonds. The van der Waals surface area contributed by atoms with Gasteiger partial charge in [0.15, 0.2) is 11.5 Å². The number of aromatic nitrogens is 2. The number of nitrogens with zero attached hydrogens (tertiary/aromatic N) is 2. The van der Waals surface area contributed by atoms with Crippen LogP contribution in [0.5, 0.6) is 11.5 Å². The second-order valence-corrected chi connectivity index (χ2v) is 4.96. The lowest BCUT2D eigenvalue weighted by molar-refractivity contribution is 0.270. The minimum Gasteiger partial charge on any atom is -0.493 e. The van der Waals surface area contributed by atoms with Crippen LogP contribution in [0.25, 0.3) is 0 Å². The highest BCUT2D eigenvalue weighted by Gasteiger charge is 2.25. The molecule has 20 heavy (non-hydrogen) atoms. The number of imidazole rings is 1. The summed E-state index contributed by atoms with van der Waals surface area (Å²) < 4.78 is 13.3. The summed E-state index contributed by atoms with van der Waals surface area (Å²) in [6.07, 6.45) is 6.14. The molecule has 1 heterocycles. The molecule has 106 valence electrons. The standard InChI is InChI=1S/C15H18N2O3/c1-19-15-6-11(8-18)2-5-14(15)20-9-13-7-16-10-17(13)12-3-4-12/h2,5-7,10,12,18H,3-4,8-9H2,1H3. The molecule has 1 N–H and O–H groups in total. The summed E-state index contributed by atoms with van der Waals surface area (Å²) in [4.78, 5) is 4.18. The van der Waals surface area contributed by atoms with E-state index in [0.29, 0.717) is 24.1 Å². The SMILES string of the molecule is COc1cc(CO)ccc1OCc1cncn1C1CC1. The minimum absolute atomic E-state index is 0.00884. The Balaban J connectivity index is 1.72. The van der Waals surface area contributed by atoms with E-state index in [0.717, 1.165) is 11.3 Å². The van der Waals surface area contributed by atoms with Crippen LogP contribution >= 0.6 is 0 Å². The smallest absolute Gasteiger partial charge is 0.161 e. The molecule has 0 aliphatic heterocycles. The normalized spacial score (nSPS) is 14.3. The maximum absolute atomic E-state index is 9.13. The van der Waals surface area contributed by atoms with Crippen molar-refractivity contribution in [3.63, 3.8) is 0 Å². The highest BCUT2D eigenvalue weighted by Crippen LogP contribution is 2.36. The van der Waals surface area contributed by atoms with E-state index in [2.05, 4.69) is 9.55 Å². The van der Waals surface area contributed by atoms with Gasteiger partial charge in [-0.3, -0.25) is 0 Å². The highest BCUT2D eigenvalue weighted by atomic mass is 16.5. The molecule has 1 aromatic heterocycles. The number of ether oxygens (including phenoxy) is 2. The Morgan fingerprint density at radius 2 is 2.20 bits per heavy atom. The van der Waals surface area contributed by atoms with Crippen LogP contribution in [0.3, 0.4) is 0 Å². The summed E-state index contributed by atoms with van der Waals surface area (Å²) in [7, 11) is 1.60. The van der Waals surface area contributed by atoms with Crippen LogP contribution in [0.1, 0.15) is 30.1 Å². The van der Waals surface area contributed by atoms with Crippen molar-refractivity contribution in [1.82, 2.24) is 9.55 Å². The van der Waals surface area contributed by atoms with Crippen molar-refractivity contribution in [3.05, 3.63) is 42.0 Å². The lowest BCUT2D eigenvalue weighted by atomic mass is 10.2. The molecule has 5 heteroatoms. The number of hydrogen-bond acceptors (Lipinski definition) is 4. The average Bonchev–Trinajstić information content (AvgIpc) is 3.23. The van der Waals surface area contributed by atoms with Crippen LogP contribution in [0.15, 0.2) is 30.7 Å². The molecule has 0 bridgehead atoms. The molecule has 0 radical (unpaired) electrons. The van der Waals surface area contributed by atoms with E-state index in [1.54, 1.807) is 13.2 Å². The van der Waals surface area contributed by atoms with E-state index in [-0.39, 0.29) is 6.61 Å². The van der Waals surface area contributed by atoms with Crippen molar-refractivity contribution >= 4 is 0 Å². The summed E-state index contributed by atoms with van der Waals surface area (Å²) in [5, 5.41) is 9.13. The van der Waals surface area contributed by atoms with E-state index in [4.69, 9.17) is 14.6 Å². The van der Waals surface area contributed by atoms with Gasteiger partial charge < -0.3 is 19.1 Å². The fourth-order valence-electron chi connectivity index (χ4n) is 2.21. The van der Waals surface area contributed by atoms with E-state index >= 15 is 0 Å². The van der Waals surface area contributed by atoms with Crippen molar-refractivity contribution in [2.24, 2.45) is 0 Å². The number of aliphatic hydroxyl groups excluding tert-OH is 1. The van der Waals surface area contributed by atoms with Crippen molar-refractivity contribution in [3.8, 4) is 11.5 Å². The number of hydrogen-bond donors (Lipinski definition) is 1. The van der Waals surface area contributed by atoms with Gasteiger partial charge in [0.25, 0.3) is 0 Å². The van der Waals surface area contributed by atoms with Crippen LogP contribution in [-0.4, -0.2) is 21.8 Å². The first-order valence-electron chi connectivity index (χ1n) is 6.73. The van der Waals surface area contributed by atoms with Gasteiger partial charge in [-0.2, -0.15) is 0 Å². The van der Waals surface area contributed by atoms with Gasteiger partial charge in [0.05, 0.1) is 31.9 Å². The summed E-state index contributed by atoms with van der Waals surface area (Å²) in [6.45, 7) is 0.455. The Morgan fingerprint density at radius 1 is 1.35 bits per heavy atom. The molecule has 0 unspecified atom stereocenters. The van der Waals surface area contributed by atoms with Crippen LogP contribution in [0.4, 0.5) is 0 Å². The molecule has 1 aliphatic rings. The van der Waals surface area contributed by atoms with Crippen LogP contribution < -0.4 is 9.47 Å². The van der Waals surface area contributed by atoms with Gasteiger partial charge in [-0.1, -0.05) is 6.07 Å². The van der Waals surface area contributed by atoms with E-state index in [1.165, 1.54) is 12.8 Å². The highest BCUT2D eigenvalue weighted by molar-refractivity contribution is 5.42. The van der Waals surface area contributed by atoms with Gasteiger partial charge in [-0.15, -0.1) is 0 Å². The fraction of sp³-hybridized carbons (Fsp3) is 0.400. The predicted octanol–water partition coefficient (Wildman–Crippen LogP) is 2.30. The monoisotopic (exact) mass is 274 g/mol. The third kappa shape index (κ3) is 2.63. The summed E-state index contributed by atoms with van der Waals surface area (Å²) in [5.41, 5.74) is 1.87. The summed E-state index contributed by atoms with van der Waals surface area (Å²) in [6, 6.07) is 6.03. The van der Waals surface area contributed by atoms with Crippen molar-refractivity contribution in [2.45, 2.75) is 32.1 Å². The topological polar surface area (TPSA) is 56.5 Å². The zero-order chi connectivity index (χ0) is 13.9. The zero-order valence-corrected chi connectivity index (χ0v) is 11.5.